The van der Waals surface area contributed by atoms with Crippen LogP contribution in [0.25, 0.3) is 10.4 Å². The lowest BCUT2D eigenvalue weighted by atomic mass is 10.0. The number of hydrogen-bond acceptors (Lipinski definition) is 4. The van der Waals surface area contributed by atoms with Gasteiger partial charge in [0.25, 0.3) is 0 Å². The van der Waals surface area contributed by atoms with Crippen molar-refractivity contribution in [3.8, 4) is 16.2 Å². The molecule has 0 atom stereocenters. The predicted molar refractivity (Wildman–Crippen MR) is 65.0 cm³/mol. The quantitative estimate of drug-likeness (QED) is 0.942. The van der Waals surface area contributed by atoms with Gasteiger partial charge >= 0.3 is 6.18 Å². The molecule has 1 heterocycles. The summed E-state index contributed by atoms with van der Waals surface area (Å²) in [5.74, 6) is 0.478. The fraction of sp³-hybridized carbons (Fsp3) is 0.250. The molecule has 2 rings (SSSR count). The number of nitrogens with zero attached hydrogens (tertiary/aromatic N) is 1. The normalized spacial score (nSPS) is 11.6. The van der Waals surface area contributed by atoms with E-state index in [1.54, 1.807) is 6.07 Å². The minimum absolute atomic E-state index is 0.000738. The lowest BCUT2D eigenvalue weighted by Crippen LogP contribution is -2.07. The molecular formula is C12H10F3NO2S. The summed E-state index contributed by atoms with van der Waals surface area (Å²) in [7, 11) is 1.45. The highest BCUT2D eigenvalue weighted by Crippen LogP contribution is 2.40. The monoisotopic (exact) mass is 289 g/mol. The molecule has 0 aliphatic carbocycles. The zero-order chi connectivity index (χ0) is 14.0. The Labute approximate surface area is 111 Å². The number of aliphatic hydroxyl groups is 1. The number of methoxy groups -OCH3 is 1. The lowest BCUT2D eigenvalue weighted by Gasteiger charge is -2.11. The van der Waals surface area contributed by atoms with Gasteiger partial charge in [-0.15, -0.1) is 11.3 Å². The van der Waals surface area contributed by atoms with Gasteiger partial charge in [0, 0.05) is 0 Å². The number of alkyl halides is 3. The molecule has 1 N–H and O–H groups in total. The summed E-state index contributed by atoms with van der Waals surface area (Å²) in [4.78, 5) is 3.36. The molecule has 1 aromatic carbocycles. The third kappa shape index (κ3) is 2.71. The van der Waals surface area contributed by atoms with Crippen LogP contribution in [0.1, 0.15) is 11.3 Å². The van der Waals surface area contributed by atoms with Crippen molar-refractivity contribution >= 4 is 11.3 Å². The summed E-state index contributed by atoms with van der Waals surface area (Å²) in [6.07, 6.45) is -4.51. The highest BCUT2D eigenvalue weighted by Gasteiger charge is 2.37. The second-order valence-electron chi connectivity index (χ2n) is 3.71. The van der Waals surface area contributed by atoms with E-state index in [2.05, 4.69) is 4.98 Å². The summed E-state index contributed by atoms with van der Waals surface area (Å²) >= 11 is 0.889. The summed E-state index contributed by atoms with van der Waals surface area (Å²) in [6, 6.07) is 4.55. The summed E-state index contributed by atoms with van der Waals surface area (Å²) in [5.41, 5.74) is 0.897. The number of hydrogen-bond donors (Lipinski definition) is 1. The van der Waals surface area contributed by atoms with Gasteiger partial charge in [-0.05, 0) is 29.3 Å². The fourth-order valence-electron chi connectivity index (χ4n) is 1.69. The third-order valence-electron chi connectivity index (χ3n) is 2.56. The van der Waals surface area contributed by atoms with E-state index in [9.17, 15) is 18.3 Å². The van der Waals surface area contributed by atoms with E-state index >= 15 is 0 Å². The van der Waals surface area contributed by atoms with Gasteiger partial charge in [-0.25, -0.2) is 4.98 Å². The maximum atomic E-state index is 12.8. The number of halogens is 3. The Bertz CT molecular complexity index is 581. The van der Waals surface area contributed by atoms with Gasteiger partial charge in [0.05, 0.1) is 24.1 Å². The highest BCUT2D eigenvalue weighted by molar-refractivity contribution is 7.13. The highest BCUT2D eigenvalue weighted by atomic mass is 32.1. The first-order valence-electron chi connectivity index (χ1n) is 5.26. The molecular weight excluding hydrogens is 279 g/mol. The number of thiazole rings is 1. The van der Waals surface area contributed by atoms with Crippen molar-refractivity contribution in [2.24, 2.45) is 0 Å². The van der Waals surface area contributed by atoms with Crippen LogP contribution in [0.15, 0.2) is 23.7 Å². The average Bonchev–Trinajstić information content (AvgIpc) is 2.86. The molecule has 0 radical (unpaired) electrons. The van der Waals surface area contributed by atoms with Gasteiger partial charge in [-0.3, -0.25) is 0 Å². The molecule has 3 nitrogen and oxygen atoms in total. The van der Waals surface area contributed by atoms with Crippen molar-refractivity contribution in [1.82, 2.24) is 4.98 Å². The van der Waals surface area contributed by atoms with Crippen LogP contribution in [-0.2, 0) is 12.8 Å². The van der Waals surface area contributed by atoms with Crippen molar-refractivity contribution in [3.05, 3.63) is 35.0 Å². The molecule has 1 aromatic heterocycles. The second-order valence-corrected chi connectivity index (χ2v) is 4.56. The summed E-state index contributed by atoms with van der Waals surface area (Å²) in [6.45, 7) is -0.373. The molecule has 2 aromatic rings. The van der Waals surface area contributed by atoms with Gasteiger partial charge in [-0.2, -0.15) is 13.2 Å². The van der Waals surface area contributed by atoms with Gasteiger partial charge in [-0.1, -0.05) is 0 Å². The van der Waals surface area contributed by atoms with Crippen LogP contribution >= 0.6 is 11.3 Å². The lowest BCUT2D eigenvalue weighted by molar-refractivity contribution is -0.140. The standard InChI is InChI=1S/C12H10F3NO2S/c1-18-8-2-3-9(7(4-8)5-17)10-11(12(13,14)15)16-6-19-10/h2-4,6,17H,5H2,1H3. The van der Waals surface area contributed by atoms with Crippen molar-refractivity contribution in [2.75, 3.05) is 7.11 Å². The number of aliphatic hydroxyl groups excluding tert-OH is 1. The first-order valence-corrected chi connectivity index (χ1v) is 6.14. The minimum atomic E-state index is -4.51. The van der Waals surface area contributed by atoms with E-state index in [-0.39, 0.29) is 11.5 Å². The average molecular weight is 289 g/mol. The molecule has 7 heteroatoms. The van der Waals surface area contributed by atoms with Gasteiger partial charge in [0.15, 0.2) is 5.69 Å². The molecule has 0 fully saturated rings. The van der Waals surface area contributed by atoms with E-state index in [0.29, 0.717) is 16.9 Å². The Morgan fingerprint density at radius 3 is 2.68 bits per heavy atom. The van der Waals surface area contributed by atoms with E-state index in [1.807, 2.05) is 0 Å². The topological polar surface area (TPSA) is 42.4 Å². The van der Waals surface area contributed by atoms with Crippen LogP contribution in [0, 0.1) is 0 Å². The molecule has 0 amide bonds. The SMILES string of the molecule is COc1ccc(-c2scnc2C(F)(F)F)c(CO)c1. The Morgan fingerprint density at radius 1 is 1.37 bits per heavy atom. The molecule has 0 saturated carbocycles. The van der Waals surface area contributed by atoms with Crippen LogP contribution in [-0.4, -0.2) is 17.2 Å². The maximum absolute atomic E-state index is 12.8. The molecule has 0 spiro atoms. The molecule has 0 aliphatic heterocycles. The molecule has 0 bridgehead atoms. The van der Waals surface area contributed by atoms with Gasteiger partial charge < -0.3 is 9.84 Å². The van der Waals surface area contributed by atoms with E-state index < -0.39 is 11.9 Å². The van der Waals surface area contributed by atoms with Crippen LogP contribution in [0.3, 0.4) is 0 Å². The molecule has 102 valence electrons. The van der Waals surface area contributed by atoms with Crippen LogP contribution in [0.2, 0.25) is 0 Å². The van der Waals surface area contributed by atoms with Crippen molar-refractivity contribution in [3.63, 3.8) is 0 Å². The number of ether oxygens (including phenoxy) is 1. The maximum Gasteiger partial charge on any atom is 0.434 e. The fourth-order valence-corrected chi connectivity index (χ4v) is 2.56. The van der Waals surface area contributed by atoms with Crippen LogP contribution in [0.4, 0.5) is 13.2 Å². The van der Waals surface area contributed by atoms with E-state index in [0.717, 1.165) is 16.8 Å². The number of rotatable bonds is 3. The second kappa shape index (κ2) is 5.18. The van der Waals surface area contributed by atoms with Gasteiger partial charge in [0.2, 0.25) is 0 Å². The van der Waals surface area contributed by atoms with E-state index in [4.69, 9.17) is 4.74 Å². The molecule has 19 heavy (non-hydrogen) atoms. The first kappa shape index (κ1) is 13.8. The number of benzene rings is 1. The van der Waals surface area contributed by atoms with Crippen LogP contribution in [0.5, 0.6) is 5.75 Å². The smallest absolute Gasteiger partial charge is 0.434 e. The largest absolute Gasteiger partial charge is 0.497 e. The molecule has 0 saturated heterocycles. The summed E-state index contributed by atoms with van der Waals surface area (Å²) < 4.78 is 43.4. The van der Waals surface area contributed by atoms with Gasteiger partial charge in [0.1, 0.15) is 5.75 Å². The van der Waals surface area contributed by atoms with Crippen LogP contribution < -0.4 is 4.74 Å². The van der Waals surface area contributed by atoms with Crippen molar-refractivity contribution in [2.45, 2.75) is 12.8 Å². The van der Waals surface area contributed by atoms with Crippen molar-refractivity contribution < 1.29 is 23.0 Å². The third-order valence-corrected chi connectivity index (χ3v) is 3.42. The Hall–Kier alpha value is -1.60. The van der Waals surface area contributed by atoms with E-state index in [1.165, 1.54) is 19.2 Å². The summed E-state index contributed by atoms with van der Waals surface area (Å²) in [5, 5.41) is 9.28. The zero-order valence-corrected chi connectivity index (χ0v) is 10.7. The predicted octanol–water partition coefficient (Wildman–Crippen LogP) is 3.33. The Kier molecular flexibility index (Phi) is 3.77. The molecule has 0 aliphatic rings. The molecule has 0 unspecified atom stereocenters. The Balaban J connectivity index is 2.56. The Morgan fingerprint density at radius 2 is 2.11 bits per heavy atom. The first-order chi connectivity index (χ1) is 8.97. The zero-order valence-electron chi connectivity index (χ0n) is 9.86. The van der Waals surface area contributed by atoms with Crippen molar-refractivity contribution in [1.29, 1.82) is 0 Å². The number of aromatic nitrogens is 1. The minimum Gasteiger partial charge on any atom is -0.497 e.